The van der Waals surface area contributed by atoms with E-state index in [9.17, 15) is 0 Å². The van der Waals surface area contributed by atoms with Crippen molar-refractivity contribution in [3.05, 3.63) is 48.8 Å². The second-order valence-corrected chi connectivity index (χ2v) is 12.4. The van der Waals surface area contributed by atoms with Crippen molar-refractivity contribution in [2.45, 2.75) is 98.8 Å². The first kappa shape index (κ1) is 24.7. The summed E-state index contributed by atoms with van der Waals surface area (Å²) in [5, 5.41) is 0. The summed E-state index contributed by atoms with van der Waals surface area (Å²) in [6.45, 7) is 12.5. The van der Waals surface area contributed by atoms with Gasteiger partial charge in [-0.2, -0.15) is 0 Å². The van der Waals surface area contributed by atoms with Crippen LogP contribution in [0.25, 0.3) is 0 Å². The van der Waals surface area contributed by atoms with Crippen LogP contribution in [0.3, 0.4) is 0 Å². The topological polar surface area (TPSA) is 18.5 Å². The van der Waals surface area contributed by atoms with Crippen LogP contribution in [-0.4, -0.2) is 0 Å². The van der Waals surface area contributed by atoms with E-state index in [2.05, 4.69) is 62.3 Å². The number of hydrogen-bond acceptors (Lipinski definition) is 2. The summed E-state index contributed by atoms with van der Waals surface area (Å²) in [5.74, 6) is 5.48. The molecule has 5 rings (SSSR count). The SMILES string of the molecule is C1=COC=CO1.CC(C)CC=C[C@@H](C)[C@H]1CC[C@H]2[C@@H]3CCC4=CCCC[C@]4(C)[C@H]3CC[C@]12C. The Kier molecular flexibility index (Phi) is 7.81. The van der Waals surface area contributed by atoms with E-state index in [4.69, 9.17) is 0 Å². The van der Waals surface area contributed by atoms with Gasteiger partial charge in [0.25, 0.3) is 0 Å². The minimum atomic E-state index is 0.559. The summed E-state index contributed by atoms with van der Waals surface area (Å²) in [4.78, 5) is 0. The molecule has 0 spiro atoms. The van der Waals surface area contributed by atoms with Crippen LogP contribution in [-0.2, 0) is 9.47 Å². The molecule has 2 heteroatoms. The average Bonchev–Trinajstić information content (AvgIpc) is 3.17. The standard InChI is InChI=1S/C27H44.C4H4O2/c1-19(2)9-8-10-20(3)23-14-15-24-22-13-12-21-11-6-7-17-26(21,4)25(22)16-18-27(23,24)5;1-2-6-4-3-5-1/h8,10-11,19-20,22-25H,6-7,9,12-18H2,1-5H3;1-4H/t20-,22+,23-,24+,25+,26+,27-;/m1./s1. The van der Waals surface area contributed by atoms with Crippen LogP contribution in [0.5, 0.6) is 0 Å². The first-order chi connectivity index (χ1) is 15.9. The fraction of sp³-hybridized carbons (Fsp3) is 0.742. The average molecular weight is 453 g/mol. The Morgan fingerprint density at radius 3 is 2.33 bits per heavy atom. The molecule has 0 saturated heterocycles. The Morgan fingerprint density at radius 2 is 1.67 bits per heavy atom. The molecule has 0 N–H and O–H groups in total. The van der Waals surface area contributed by atoms with Crippen molar-refractivity contribution < 1.29 is 9.47 Å². The lowest BCUT2D eigenvalue weighted by atomic mass is 9.46. The van der Waals surface area contributed by atoms with Crippen LogP contribution in [0.1, 0.15) is 98.8 Å². The lowest BCUT2D eigenvalue weighted by Crippen LogP contribution is -2.50. The number of fused-ring (bicyclic) bond motifs is 5. The molecule has 3 fully saturated rings. The van der Waals surface area contributed by atoms with Crippen molar-refractivity contribution in [2.75, 3.05) is 0 Å². The van der Waals surface area contributed by atoms with Gasteiger partial charge in [0.2, 0.25) is 0 Å². The largest absolute Gasteiger partial charge is 0.466 e. The zero-order chi connectivity index (χ0) is 23.5. The smallest absolute Gasteiger partial charge is 0.125 e. The highest BCUT2D eigenvalue weighted by Crippen LogP contribution is 2.67. The predicted molar refractivity (Wildman–Crippen MR) is 138 cm³/mol. The maximum absolute atomic E-state index is 4.58. The Labute approximate surface area is 203 Å². The van der Waals surface area contributed by atoms with Gasteiger partial charge < -0.3 is 9.47 Å². The Balaban J connectivity index is 0.000000376. The predicted octanol–water partition coefficient (Wildman–Crippen LogP) is 9.17. The number of rotatable bonds is 4. The Hall–Kier alpha value is -1.44. The molecule has 0 aromatic heterocycles. The van der Waals surface area contributed by atoms with Crippen LogP contribution >= 0.6 is 0 Å². The lowest BCUT2D eigenvalue weighted by molar-refractivity contribution is -0.0558. The van der Waals surface area contributed by atoms with Crippen molar-refractivity contribution in [3.63, 3.8) is 0 Å². The molecule has 0 aromatic carbocycles. The molecule has 4 aliphatic carbocycles. The Bertz CT molecular complexity index is 754. The summed E-state index contributed by atoms with van der Waals surface area (Å²) in [6, 6.07) is 0. The molecule has 7 atom stereocenters. The maximum atomic E-state index is 4.58. The molecule has 3 saturated carbocycles. The zero-order valence-corrected chi connectivity index (χ0v) is 21.9. The van der Waals surface area contributed by atoms with E-state index >= 15 is 0 Å². The maximum Gasteiger partial charge on any atom is 0.125 e. The summed E-state index contributed by atoms with van der Waals surface area (Å²) in [7, 11) is 0. The molecule has 1 heterocycles. The van der Waals surface area contributed by atoms with E-state index in [0.29, 0.717) is 10.8 Å². The minimum Gasteiger partial charge on any atom is -0.466 e. The van der Waals surface area contributed by atoms with Crippen LogP contribution in [0, 0.1) is 46.3 Å². The molecule has 0 unspecified atom stereocenters. The fourth-order valence-electron chi connectivity index (χ4n) is 8.58. The quantitative estimate of drug-likeness (QED) is 0.396. The second-order valence-electron chi connectivity index (χ2n) is 12.4. The number of hydrogen-bond donors (Lipinski definition) is 0. The zero-order valence-electron chi connectivity index (χ0n) is 21.9. The van der Waals surface area contributed by atoms with Gasteiger partial charge in [0.15, 0.2) is 0 Å². The van der Waals surface area contributed by atoms with Gasteiger partial charge in [-0.1, -0.05) is 58.4 Å². The highest BCUT2D eigenvalue weighted by molar-refractivity contribution is 5.24. The van der Waals surface area contributed by atoms with Gasteiger partial charge in [-0.3, -0.25) is 0 Å². The van der Waals surface area contributed by atoms with Gasteiger partial charge in [0.1, 0.15) is 25.0 Å². The van der Waals surface area contributed by atoms with Gasteiger partial charge in [0.05, 0.1) is 0 Å². The van der Waals surface area contributed by atoms with Crippen LogP contribution in [0.4, 0.5) is 0 Å². The first-order valence-electron chi connectivity index (χ1n) is 13.8. The third-order valence-electron chi connectivity index (χ3n) is 10.2. The minimum absolute atomic E-state index is 0.559. The van der Waals surface area contributed by atoms with Crippen LogP contribution < -0.4 is 0 Å². The van der Waals surface area contributed by atoms with Gasteiger partial charge in [0, 0.05) is 0 Å². The summed E-state index contributed by atoms with van der Waals surface area (Å²) < 4.78 is 9.17. The molecular weight excluding hydrogens is 404 g/mol. The second kappa shape index (κ2) is 10.4. The van der Waals surface area contributed by atoms with Gasteiger partial charge in [-0.05, 0) is 111 Å². The van der Waals surface area contributed by atoms with Crippen molar-refractivity contribution in [1.82, 2.24) is 0 Å². The lowest BCUT2D eigenvalue weighted by Gasteiger charge is -2.58. The molecule has 0 amide bonds. The van der Waals surface area contributed by atoms with Gasteiger partial charge >= 0.3 is 0 Å². The van der Waals surface area contributed by atoms with E-state index in [1.54, 1.807) is 0 Å². The molecule has 1 aliphatic heterocycles. The first-order valence-corrected chi connectivity index (χ1v) is 13.8. The fourth-order valence-corrected chi connectivity index (χ4v) is 8.58. The molecule has 0 bridgehead atoms. The van der Waals surface area contributed by atoms with Crippen molar-refractivity contribution >= 4 is 0 Å². The van der Waals surface area contributed by atoms with E-state index in [1.165, 1.54) is 89.3 Å². The molecule has 184 valence electrons. The third kappa shape index (κ3) is 5.01. The van der Waals surface area contributed by atoms with Gasteiger partial charge in [-0.25, -0.2) is 0 Å². The highest BCUT2D eigenvalue weighted by atomic mass is 16.5. The molecule has 2 nitrogen and oxygen atoms in total. The van der Waals surface area contributed by atoms with Gasteiger partial charge in [-0.15, -0.1) is 0 Å². The van der Waals surface area contributed by atoms with E-state index in [1.807, 2.05) is 5.57 Å². The molecule has 33 heavy (non-hydrogen) atoms. The Morgan fingerprint density at radius 1 is 0.939 bits per heavy atom. The number of ether oxygens (including phenoxy) is 2. The van der Waals surface area contributed by atoms with E-state index < -0.39 is 0 Å². The summed E-state index contributed by atoms with van der Waals surface area (Å²) >= 11 is 0. The highest BCUT2D eigenvalue weighted by Gasteiger charge is 2.58. The molecule has 0 aromatic rings. The monoisotopic (exact) mass is 452 g/mol. The van der Waals surface area contributed by atoms with Crippen molar-refractivity contribution in [2.24, 2.45) is 46.3 Å². The molecule has 5 aliphatic rings. The molecular formula is C31H48O2. The van der Waals surface area contributed by atoms with Crippen LogP contribution in [0.15, 0.2) is 48.8 Å². The molecule has 0 radical (unpaired) electrons. The third-order valence-corrected chi connectivity index (χ3v) is 10.2. The van der Waals surface area contributed by atoms with E-state index in [-0.39, 0.29) is 0 Å². The van der Waals surface area contributed by atoms with E-state index in [0.717, 1.165) is 35.5 Å². The van der Waals surface area contributed by atoms with Crippen molar-refractivity contribution in [3.8, 4) is 0 Å². The van der Waals surface area contributed by atoms with Crippen LogP contribution in [0.2, 0.25) is 0 Å². The normalized spacial score (nSPS) is 40.0. The summed E-state index contributed by atoms with van der Waals surface area (Å²) in [6.07, 6.45) is 28.0. The number of allylic oxidation sites excluding steroid dienone is 4. The van der Waals surface area contributed by atoms with Crippen molar-refractivity contribution in [1.29, 1.82) is 0 Å². The summed E-state index contributed by atoms with van der Waals surface area (Å²) in [5.41, 5.74) is 3.02.